The number of ether oxygens (including phenoxy) is 2. The van der Waals surface area contributed by atoms with Gasteiger partial charge in [0.15, 0.2) is 11.5 Å². The molecule has 6 nitrogen and oxygen atoms in total. The van der Waals surface area contributed by atoms with Gasteiger partial charge in [0, 0.05) is 18.1 Å². The highest BCUT2D eigenvalue weighted by molar-refractivity contribution is 9.10. The van der Waals surface area contributed by atoms with Gasteiger partial charge in [-0.15, -0.1) is 0 Å². The highest BCUT2D eigenvalue weighted by atomic mass is 79.9. The summed E-state index contributed by atoms with van der Waals surface area (Å²) in [5.74, 6) is 1.32. The lowest BCUT2D eigenvalue weighted by molar-refractivity contribution is -0.384. The molecule has 1 aliphatic heterocycles. The third-order valence-corrected chi connectivity index (χ3v) is 8.22. The summed E-state index contributed by atoms with van der Waals surface area (Å²) in [5, 5.41) is 16.2. The Balaban J connectivity index is 1.47. The normalized spacial score (nSPS) is 19.9. The predicted molar refractivity (Wildman–Crippen MR) is 146 cm³/mol. The lowest BCUT2D eigenvalue weighted by Crippen LogP contribution is -2.29. The summed E-state index contributed by atoms with van der Waals surface area (Å²) in [4.78, 5) is 11.0. The minimum absolute atomic E-state index is 0.00839. The van der Waals surface area contributed by atoms with Gasteiger partial charge in [0.2, 0.25) is 0 Å². The van der Waals surface area contributed by atoms with Crippen molar-refractivity contribution >= 4 is 62.1 Å². The van der Waals surface area contributed by atoms with Gasteiger partial charge in [0.05, 0.1) is 43.3 Å². The van der Waals surface area contributed by atoms with Crippen LogP contribution >= 0.6 is 50.7 Å². The van der Waals surface area contributed by atoms with Gasteiger partial charge in [-0.2, -0.15) is 0 Å². The first kappa shape index (κ1) is 25.2. The molecule has 2 aliphatic rings. The van der Waals surface area contributed by atoms with Crippen molar-refractivity contribution < 1.29 is 14.4 Å². The molecular weight excluding hydrogens is 591 g/mol. The molecule has 5 rings (SSSR count). The van der Waals surface area contributed by atoms with Crippen molar-refractivity contribution in [2.45, 2.75) is 25.0 Å². The number of hydrogen-bond acceptors (Lipinski definition) is 5. The average molecular weight is 611 g/mol. The maximum absolute atomic E-state index is 11.4. The van der Waals surface area contributed by atoms with Gasteiger partial charge < -0.3 is 14.8 Å². The highest BCUT2D eigenvalue weighted by Gasteiger charge is 2.40. The first-order chi connectivity index (χ1) is 17.3. The molecule has 186 valence electrons. The number of hydrogen-bond donors (Lipinski definition) is 1. The molecule has 3 atom stereocenters. The number of nitro benzene ring substituents is 1. The Bertz CT molecular complexity index is 1400. The third-order valence-electron chi connectivity index (χ3n) is 6.59. The van der Waals surface area contributed by atoms with Crippen LogP contribution in [0.2, 0.25) is 15.1 Å². The van der Waals surface area contributed by atoms with Crippen molar-refractivity contribution in [2.24, 2.45) is 5.92 Å². The Morgan fingerprint density at radius 3 is 2.64 bits per heavy atom. The molecule has 0 fully saturated rings. The molecule has 0 radical (unpaired) electrons. The number of allylic oxidation sites excluding steroid dienone is 2. The van der Waals surface area contributed by atoms with Gasteiger partial charge in [-0.3, -0.25) is 10.1 Å². The lowest BCUT2D eigenvalue weighted by atomic mass is 9.77. The van der Waals surface area contributed by atoms with E-state index < -0.39 is 4.92 Å². The van der Waals surface area contributed by atoms with Crippen LogP contribution < -0.4 is 14.8 Å². The van der Waals surface area contributed by atoms with Crippen molar-refractivity contribution in [3.05, 3.63) is 101 Å². The van der Waals surface area contributed by atoms with Gasteiger partial charge in [-0.1, -0.05) is 53.0 Å². The maximum Gasteiger partial charge on any atom is 0.271 e. The first-order valence-electron chi connectivity index (χ1n) is 11.1. The van der Waals surface area contributed by atoms with Crippen LogP contribution in [-0.2, 0) is 6.61 Å². The van der Waals surface area contributed by atoms with Crippen molar-refractivity contribution in [3.63, 3.8) is 0 Å². The van der Waals surface area contributed by atoms with Crippen molar-refractivity contribution in [3.8, 4) is 11.5 Å². The smallest absolute Gasteiger partial charge is 0.271 e. The highest BCUT2D eigenvalue weighted by Crippen LogP contribution is 2.53. The maximum atomic E-state index is 11.4. The van der Waals surface area contributed by atoms with Gasteiger partial charge in [-0.05, 0) is 69.2 Å². The minimum Gasteiger partial charge on any atom is -0.493 e. The van der Waals surface area contributed by atoms with Crippen LogP contribution in [0, 0.1) is 16.0 Å². The molecule has 1 aliphatic carbocycles. The predicted octanol–water partition coefficient (Wildman–Crippen LogP) is 8.73. The monoisotopic (exact) mass is 608 g/mol. The van der Waals surface area contributed by atoms with E-state index in [1.807, 2.05) is 18.2 Å². The van der Waals surface area contributed by atoms with Gasteiger partial charge >= 0.3 is 0 Å². The summed E-state index contributed by atoms with van der Waals surface area (Å²) in [5.41, 5.74) is 3.41. The molecule has 36 heavy (non-hydrogen) atoms. The Morgan fingerprint density at radius 2 is 1.92 bits per heavy atom. The molecule has 10 heteroatoms. The quantitative estimate of drug-likeness (QED) is 0.172. The van der Waals surface area contributed by atoms with Crippen molar-refractivity contribution in [1.82, 2.24) is 0 Å². The van der Waals surface area contributed by atoms with E-state index in [9.17, 15) is 10.1 Å². The molecule has 1 heterocycles. The fraction of sp³-hybridized carbons (Fsp3) is 0.231. The SMILES string of the molecule is COc1cc([C@@H]2Nc3c(Cl)cc([N+](=O)[O-])cc3[C@H]3C=CC[C@H]32)cc(Br)c1OCc1ccc(Cl)c(Cl)c1. The van der Waals surface area contributed by atoms with Crippen LogP contribution in [0.15, 0.2) is 59.1 Å². The van der Waals surface area contributed by atoms with E-state index in [1.54, 1.807) is 25.3 Å². The van der Waals surface area contributed by atoms with Crippen LogP contribution in [0.5, 0.6) is 11.5 Å². The summed E-state index contributed by atoms with van der Waals surface area (Å²) in [6.07, 6.45) is 5.06. The molecule has 0 saturated carbocycles. The topological polar surface area (TPSA) is 73.6 Å². The second kappa shape index (κ2) is 10.1. The largest absolute Gasteiger partial charge is 0.493 e. The third kappa shape index (κ3) is 4.65. The number of methoxy groups -OCH3 is 1. The van der Waals surface area contributed by atoms with Gasteiger partial charge in [0.25, 0.3) is 5.69 Å². The van der Waals surface area contributed by atoms with Crippen LogP contribution in [0.1, 0.15) is 35.1 Å². The Morgan fingerprint density at radius 1 is 1.11 bits per heavy atom. The van der Waals surface area contributed by atoms with Crippen molar-refractivity contribution in [1.29, 1.82) is 0 Å². The number of nitrogens with one attached hydrogen (secondary N) is 1. The summed E-state index contributed by atoms with van der Waals surface area (Å²) < 4.78 is 12.5. The molecule has 0 aromatic heterocycles. The van der Waals surface area contributed by atoms with Crippen LogP contribution in [0.4, 0.5) is 11.4 Å². The van der Waals surface area contributed by atoms with Crippen LogP contribution in [0.25, 0.3) is 0 Å². The molecular formula is C26H20BrCl3N2O4. The van der Waals surface area contributed by atoms with E-state index in [0.29, 0.717) is 26.6 Å². The number of anilines is 1. The van der Waals surface area contributed by atoms with Crippen LogP contribution in [0.3, 0.4) is 0 Å². The standard InChI is InChI=1S/C26H20BrCl3N2O4/c1-35-23-9-14(8-19(27)26(23)36-12-13-5-6-20(28)21(29)7-13)24-17-4-2-3-16(17)18-10-15(32(33)34)11-22(30)25(18)31-24/h2-3,5-11,16-17,24,31H,4,12H2,1H3/t16-,17+,24-/m0/s1. The number of non-ortho nitro benzene ring substituents is 1. The fourth-order valence-corrected chi connectivity index (χ4v) is 6.09. The lowest BCUT2D eigenvalue weighted by Gasteiger charge is -2.38. The Hall–Kier alpha value is -2.45. The molecule has 3 aromatic rings. The van der Waals surface area contributed by atoms with E-state index in [-0.39, 0.29) is 30.2 Å². The summed E-state index contributed by atoms with van der Waals surface area (Å²) in [6, 6.07) is 12.2. The number of halogens is 4. The van der Waals surface area contributed by atoms with E-state index in [2.05, 4.69) is 33.4 Å². The second-order valence-electron chi connectivity index (χ2n) is 8.70. The summed E-state index contributed by atoms with van der Waals surface area (Å²) >= 11 is 22.3. The second-order valence-corrected chi connectivity index (χ2v) is 10.8. The van der Waals surface area contributed by atoms with Crippen LogP contribution in [-0.4, -0.2) is 12.0 Å². The number of benzene rings is 3. The molecule has 0 bridgehead atoms. The summed E-state index contributed by atoms with van der Waals surface area (Å²) in [7, 11) is 1.59. The van der Waals surface area contributed by atoms with E-state index in [4.69, 9.17) is 44.3 Å². The molecule has 0 unspecified atom stereocenters. The number of nitrogens with zero attached hydrogens (tertiary/aromatic N) is 1. The molecule has 1 N–H and O–H groups in total. The van der Waals surface area contributed by atoms with Crippen molar-refractivity contribution in [2.75, 3.05) is 12.4 Å². The first-order valence-corrected chi connectivity index (χ1v) is 13.0. The average Bonchev–Trinajstić information content (AvgIpc) is 3.35. The zero-order valence-electron chi connectivity index (χ0n) is 18.9. The van der Waals surface area contributed by atoms with E-state index in [0.717, 1.165) is 33.3 Å². The van der Waals surface area contributed by atoms with Gasteiger partial charge in [-0.25, -0.2) is 0 Å². The molecule has 0 spiro atoms. The van der Waals surface area contributed by atoms with E-state index in [1.165, 1.54) is 6.07 Å². The Kier molecular flexibility index (Phi) is 7.10. The number of fused-ring (bicyclic) bond motifs is 3. The Labute approximate surface area is 231 Å². The molecule has 0 saturated heterocycles. The zero-order valence-corrected chi connectivity index (χ0v) is 22.8. The minimum atomic E-state index is -0.412. The molecule has 3 aromatic carbocycles. The fourth-order valence-electron chi connectivity index (χ4n) is 4.92. The molecule has 0 amide bonds. The van der Waals surface area contributed by atoms with E-state index >= 15 is 0 Å². The zero-order chi connectivity index (χ0) is 25.6. The number of nitro groups is 1. The van der Waals surface area contributed by atoms with Gasteiger partial charge in [0.1, 0.15) is 6.61 Å². The summed E-state index contributed by atoms with van der Waals surface area (Å²) in [6.45, 7) is 0.281. The number of rotatable bonds is 6.